The van der Waals surface area contributed by atoms with Crippen LogP contribution in [0.3, 0.4) is 0 Å². The molecular weight excluding hydrogens is 290 g/mol. The SMILES string of the molecule is CCN(CC)CCNC(C(N)=O)c1ccc(OC)c(Cl)c1. The predicted octanol–water partition coefficient (Wildman–Crippen LogP) is 1.81. The Morgan fingerprint density at radius 1 is 1.43 bits per heavy atom. The Balaban J connectivity index is 2.73. The first-order chi connectivity index (χ1) is 10.0. The Hall–Kier alpha value is -1.30. The number of nitrogens with one attached hydrogen (secondary N) is 1. The van der Waals surface area contributed by atoms with Gasteiger partial charge in [0.15, 0.2) is 0 Å². The maximum Gasteiger partial charge on any atom is 0.239 e. The van der Waals surface area contributed by atoms with Crippen LogP contribution in [0.4, 0.5) is 0 Å². The molecule has 1 aromatic carbocycles. The monoisotopic (exact) mass is 313 g/mol. The minimum atomic E-state index is -0.552. The highest BCUT2D eigenvalue weighted by Gasteiger charge is 2.18. The number of likely N-dealkylation sites (N-methyl/N-ethyl adjacent to an activating group) is 1. The second-order valence-electron chi connectivity index (χ2n) is 4.71. The molecule has 0 saturated carbocycles. The first kappa shape index (κ1) is 17.8. The van der Waals surface area contributed by atoms with E-state index in [2.05, 4.69) is 24.1 Å². The fourth-order valence-electron chi connectivity index (χ4n) is 2.15. The lowest BCUT2D eigenvalue weighted by Crippen LogP contribution is -2.38. The molecule has 0 aliphatic carbocycles. The first-order valence-electron chi connectivity index (χ1n) is 7.11. The number of primary amides is 1. The van der Waals surface area contributed by atoms with Crippen LogP contribution in [0, 0.1) is 0 Å². The number of nitrogens with two attached hydrogens (primary N) is 1. The number of benzene rings is 1. The van der Waals surface area contributed by atoms with Crippen molar-refractivity contribution in [3.05, 3.63) is 28.8 Å². The molecule has 1 aromatic rings. The summed E-state index contributed by atoms with van der Waals surface area (Å²) in [6.07, 6.45) is 0. The van der Waals surface area contributed by atoms with Gasteiger partial charge in [-0.25, -0.2) is 0 Å². The van der Waals surface area contributed by atoms with E-state index < -0.39 is 11.9 Å². The third-order valence-electron chi connectivity index (χ3n) is 3.46. The van der Waals surface area contributed by atoms with Crippen LogP contribution in [0.25, 0.3) is 0 Å². The van der Waals surface area contributed by atoms with Crippen LogP contribution in [-0.2, 0) is 4.79 Å². The van der Waals surface area contributed by atoms with Gasteiger partial charge in [-0.2, -0.15) is 0 Å². The van der Waals surface area contributed by atoms with Crippen molar-refractivity contribution in [2.24, 2.45) is 5.73 Å². The van der Waals surface area contributed by atoms with E-state index in [1.165, 1.54) is 0 Å². The number of methoxy groups -OCH3 is 1. The molecule has 0 spiro atoms. The van der Waals surface area contributed by atoms with Crippen molar-refractivity contribution in [1.29, 1.82) is 0 Å². The highest BCUT2D eigenvalue weighted by atomic mass is 35.5. The zero-order chi connectivity index (χ0) is 15.8. The number of rotatable bonds is 9. The van der Waals surface area contributed by atoms with Gasteiger partial charge in [0.05, 0.1) is 12.1 Å². The molecule has 21 heavy (non-hydrogen) atoms. The highest BCUT2D eigenvalue weighted by molar-refractivity contribution is 6.32. The molecule has 0 aliphatic heterocycles. The third kappa shape index (κ3) is 5.19. The first-order valence-corrected chi connectivity index (χ1v) is 7.49. The molecule has 5 nitrogen and oxygen atoms in total. The van der Waals surface area contributed by atoms with E-state index in [9.17, 15) is 4.79 Å². The average Bonchev–Trinajstić information content (AvgIpc) is 2.47. The molecule has 0 aliphatic rings. The lowest BCUT2D eigenvalue weighted by atomic mass is 10.1. The number of nitrogens with zero attached hydrogens (tertiary/aromatic N) is 1. The quantitative estimate of drug-likeness (QED) is 0.729. The molecule has 1 atom stereocenters. The summed E-state index contributed by atoms with van der Waals surface area (Å²) in [5.74, 6) is 0.155. The molecule has 118 valence electrons. The second kappa shape index (κ2) is 8.87. The van der Waals surface area contributed by atoms with Crippen LogP contribution >= 0.6 is 11.6 Å². The normalized spacial score (nSPS) is 12.4. The van der Waals surface area contributed by atoms with Crippen molar-refractivity contribution in [2.75, 3.05) is 33.3 Å². The number of halogens is 1. The van der Waals surface area contributed by atoms with Crippen molar-refractivity contribution in [2.45, 2.75) is 19.9 Å². The average molecular weight is 314 g/mol. The number of hydrogen-bond donors (Lipinski definition) is 2. The lowest BCUT2D eigenvalue weighted by molar-refractivity contribution is -0.120. The molecule has 0 bridgehead atoms. The van der Waals surface area contributed by atoms with E-state index in [1.54, 1.807) is 25.3 Å². The zero-order valence-corrected chi connectivity index (χ0v) is 13.6. The summed E-state index contributed by atoms with van der Waals surface area (Å²) in [5.41, 5.74) is 6.23. The number of amides is 1. The summed E-state index contributed by atoms with van der Waals surface area (Å²) in [6, 6.07) is 4.69. The Morgan fingerprint density at radius 2 is 2.10 bits per heavy atom. The van der Waals surface area contributed by atoms with Gasteiger partial charge in [-0.3, -0.25) is 4.79 Å². The Bertz CT molecular complexity index is 464. The molecule has 1 rings (SSSR count). The molecule has 1 amide bonds. The predicted molar refractivity (Wildman–Crippen MR) is 85.7 cm³/mol. The fraction of sp³-hybridized carbons (Fsp3) is 0.533. The van der Waals surface area contributed by atoms with Gasteiger partial charge >= 0.3 is 0 Å². The third-order valence-corrected chi connectivity index (χ3v) is 3.76. The fourth-order valence-corrected chi connectivity index (χ4v) is 2.42. The largest absolute Gasteiger partial charge is 0.495 e. The van der Waals surface area contributed by atoms with Crippen molar-refractivity contribution in [1.82, 2.24) is 10.2 Å². The number of carbonyl (C=O) groups excluding carboxylic acids is 1. The smallest absolute Gasteiger partial charge is 0.239 e. The second-order valence-corrected chi connectivity index (χ2v) is 5.12. The summed E-state index contributed by atoms with van der Waals surface area (Å²) in [6.45, 7) is 7.72. The molecule has 3 N–H and O–H groups in total. The molecule has 0 fully saturated rings. The van der Waals surface area contributed by atoms with E-state index in [0.717, 1.165) is 25.2 Å². The zero-order valence-electron chi connectivity index (χ0n) is 12.9. The van der Waals surface area contributed by atoms with Crippen LogP contribution in [0.1, 0.15) is 25.5 Å². The summed E-state index contributed by atoms with van der Waals surface area (Å²) >= 11 is 6.09. The van der Waals surface area contributed by atoms with Gasteiger partial charge in [0.2, 0.25) is 5.91 Å². The number of carbonyl (C=O) groups is 1. The minimum absolute atomic E-state index is 0.421. The summed E-state index contributed by atoms with van der Waals surface area (Å²) in [4.78, 5) is 13.9. The molecular formula is C15H24ClN3O2. The van der Waals surface area contributed by atoms with E-state index in [4.69, 9.17) is 22.1 Å². The molecule has 1 unspecified atom stereocenters. The van der Waals surface area contributed by atoms with E-state index in [0.29, 0.717) is 17.3 Å². The molecule has 0 aromatic heterocycles. The summed E-state index contributed by atoms with van der Waals surface area (Å²) in [7, 11) is 1.55. The Morgan fingerprint density at radius 3 is 2.57 bits per heavy atom. The van der Waals surface area contributed by atoms with E-state index >= 15 is 0 Å². The van der Waals surface area contributed by atoms with Gasteiger partial charge in [-0.15, -0.1) is 0 Å². The van der Waals surface area contributed by atoms with Crippen LogP contribution in [0.15, 0.2) is 18.2 Å². The van der Waals surface area contributed by atoms with Crippen LogP contribution in [0.2, 0.25) is 5.02 Å². The van der Waals surface area contributed by atoms with E-state index in [1.807, 2.05) is 0 Å². The van der Waals surface area contributed by atoms with Crippen LogP contribution in [-0.4, -0.2) is 44.1 Å². The van der Waals surface area contributed by atoms with Gasteiger partial charge in [0, 0.05) is 13.1 Å². The molecule has 0 saturated heterocycles. The Kier molecular flexibility index (Phi) is 7.50. The molecule has 6 heteroatoms. The van der Waals surface area contributed by atoms with E-state index in [-0.39, 0.29) is 0 Å². The molecule has 0 radical (unpaired) electrons. The summed E-state index contributed by atoms with van der Waals surface area (Å²) < 4.78 is 5.11. The van der Waals surface area contributed by atoms with Gasteiger partial charge in [-0.05, 0) is 30.8 Å². The van der Waals surface area contributed by atoms with Gasteiger partial charge in [0.25, 0.3) is 0 Å². The number of hydrogen-bond acceptors (Lipinski definition) is 4. The van der Waals surface area contributed by atoms with Crippen LogP contribution < -0.4 is 15.8 Å². The van der Waals surface area contributed by atoms with Crippen molar-refractivity contribution in [3.63, 3.8) is 0 Å². The van der Waals surface area contributed by atoms with Gasteiger partial charge in [0.1, 0.15) is 11.8 Å². The summed E-state index contributed by atoms with van der Waals surface area (Å²) in [5, 5.41) is 3.65. The van der Waals surface area contributed by atoms with Crippen molar-refractivity contribution in [3.8, 4) is 5.75 Å². The highest BCUT2D eigenvalue weighted by Crippen LogP contribution is 2.27. The van der Waals surface area contributed by atoms with Crippen molar-refractivity contribution >= 4 is 17.5 Å². The van der Waals surface area contributed by atoms with Gasteiger partial charge in [-0.1, -0.05) is 31.5 Å². The van der Waals surface area contributed by atoms with Gasteiger partial charge < -0.3 is 20.7 Å². The number of ether oxygens (including phenoxy) is 1. The van der Waals surface area contributed by atoms with Crippen LogP contribution in [0.5, 0.6) is 5.75 Å². The molecule has 0 heterocycles. The minimum Gasteiger partial charge on any atom is -0.495 e. The topological polar surface area (TPSA) is 67.6 Å². The standard InChI is InChI=1S/C15H24ClN3O2/c1-4-19(5-2)9-8-18-14(15(17)20)11-6-7-13(21-3)12(16)10-11/h6-7,10,14,18H,4-5,8-9H2,1-3H3,(H2,17,20). The lowest BCUT2D eigenvalue weighted by Gasteiger charge is -2.21. The Labute approximate surface area is 131 Å². The maximum absolute atomic E-state index is 11.7. The maximum atomic E-state index is 11.7. The van der Waals surface area contributed by atoms with Crippen molar-refractivity contribution < 1.29 is 9.53 Å².